The Morgan fingerprint density at radius 1 is 1.04 bits per heavy atom. The highest BCUT2D eigenvalue weighted by atomic mass is 32.2. The number of nitrogens with one attached hydrogen (secondary N) is 2. The maximum absolute atomic E-state index is 11.9. The van der Waals surface area contributed by atoms with Crippen LogP contribution in [0.1, 0.15) is 0 Å². The molecule has 0 saturated carbocycles. The zero-order chi connectivity index (χ0) is 16.5. The van der Waals surface area contributed by atoms with E-state index in [1.807, 2.05) is 30.3 Å². The van der Waals surface area contributed by atoms with Gasteiger partial charge in [-0.3, -0.25) is 0 Å². The Morgan fingerprint density at radius 3 is 2.48 bits per heavy atom. The Kier molecular flexibility index (Phi) is 6.62. The van der Waals surface area contributed by atoms with Gasteiger partial charge >= 0.3 is 6.03 Å². The molecule has 0 spiro atoms. The van der Waals surface area contributed by atoms with Crippen LogP contribution in [-0.2, 0) is 0 Å². The first kappa shape index (κ1) is 17.0. The van der Waals surface area contributed by atoms with E-state index in [9.17, 15) is 4.79 Å². The molecule has 0 unspecified atom stereocenters. The molecule has 2 rings (SSSR count). The normalized spacial score (nSPS) is 10.0. The van der Waals surface area contributed by atoms with E-state index in [2.05, 4.69) is 10.6 Å². The number of thioether (sulfide) groups is 1. The minimum absolute atomic E-state index is 0.245. The maximum atomic E-state index is 11.9. The molecular weight excluding hydrogens is 312 g/mol. The predicted octanol–water partition coefficient (Wildman–Crippen LogP) is 3.62. The van der Waals surface area contributed by atoms with Crippen LogP contribution in [0.3, 0.4) is 0 Å². The topological polar surface area (TPSA) is 59.6 Å². The number of benzene rings is 2. The number of urea groups is 1. The third-order valence-corrected chi connectivity index (χ3v) is 4.05. The lowest BCUT2D eigenvalue weighted by molar-refractivity contribution is 0.252. The van der Waals surface area contributed by atoms with E-state index in [1.165, 1.54) is 4.90 Å². The Morgan fingerprint density at radius 2 is 1.78 bits per heavy atom. The second-order valence-electron chi connectivity index (χ2n) is 4.61. The average molecular weight is 332 g/mol. The highest BCUT2D eigenvalue weighted by molar-refractivity contribution is 7.99. The monoisotopic (exact) mass is 332 g/mol. The van der Waals surface area contributed by atoms with Crippen molar-refractivity contribution in [3.63, 3.8) is 0 Å². The summed E-state index contributed by atoms with van der Waals surface area (Å²) in [4.78, 5) is 13.1. The Bertz CT molecular complexity index is 635. The predicted molar refractivity (Wildman–Crippen MR) is 93.7 cm³/mol. The second kappa shape index (κ2) is 8.95. The van der Waals surface area contributed by atoms with Crippen molar-refractivity contribution in [3.8, 4) is 11.5 Å². The van der Waals surface area contributed by atoms with Crippen LogP contribution >= 0.6 is 11.8 Å². The smallest absolute Gasteiger partial charge is 0.319 e. The number of amides is 2. The Hall–Kier alpha value is -2.34. The third kappa shape index (κ3) is 5.41. The fraction of sp³-hybridized carbons (Fsp3) is 0.235. The summed E-state index contributed by atoms with van der Waals surface area (Å²) < 4.78 is 10.4. The first-order chi connectivity index (χ1) is 11.2. The van der Waals surface area contributed by atoms with Gasteiger partial charge in [-0.25, -0.2) is 4.79 Å². The minimum atomic E-state index is -0.245. The van der Waals surface area contributed by atoms with Crippen LogP contribution in [0, 0.1) is 0 Å². The third-order valence-electron chi connectivity index (χ3n) is 3.04. The summed E-state index contributed by atoms with van der Waals surface area (Å²) >= 11 is 1.70. The van der Waals surface area contributed by atoms with Gasteiger partial charge in [0.2, 0.25) is 0 Å². The van der Waals surface area contributed by atoms with Crippen molar-refractivity contribution in [2.45, 2.75) is 4.90 Å². The summed E-state index contributed by atoms with van der Waals surface area (Å²) in [5.41, 5.74) is 0.649. The van der Waals surface area contributed by atoms with Gasteiger partial charge < -0.3 is 20.1 Å². The lowest BCUT2D eigenvalue weighted by Gasteiger charge is -2.11. The van der Waals surface area contributed by atoms with Gasteiger partial charge in [0, 0.05) is 28.9 Å². The zero-order valence-corrected chi connectivity index (χ0v) is 14.0. The molecule has 0 atom stereocenters. The lowest BCUT2D eigenvalue weighted by atomic mass is 10.3. The highest BCUT2D eigenvalue weighted by Gasteiger charge is 2.07. The van der Waals surface area contributed by atoms with E-state index in [1.54, 1.807) is 44.2 Å². The van der Waals surface area contributed by atoms with E-state index < -0.39 is 0 Å². The van der Waals surface area contributed by atoms with Crippen molar-refractivity contribution in [3.05, 3.63) is 48.5 Å². The summed E-state index contributed by atoms with van der Waals surface area (Å²) in [6, 6.07) is 15.1. The van der Waals surface area contributed by atoms with Gasteiger partial charge in [0.15, 0.2) is 11.5 Å². The van der Waals surface area contributed by atoms with Crippen molar-refractivity contribution in [1.29, 1.82) is 0 Å². The standard InChI is InChI=1S/C17H20N2O3S/c1-21-15-9-8-13(12-16(15)22-2)19-17(20)18-10-11-23-14-6-4-3-5-7-14/h3-9,12H,10-11H2,1-2H3,(H2,18,19,20). The van der Waals surface area contributed by atoms with Crippen LogP contribution in [0.5, 0.6) is 11.5 Å². The molecule has 0 heterocycles. The number of anilines is 1. The molecule has 0 bridgehead atoms. The first-order valence-electron chi connectivity index (χ1n) is 7.17. The van der Waals surface area contributed by atoms with Crippen LogP contribution < -0.4 is 20.1 Å². The molecule has 0 aliphatic heterocycles. The highest BCUT2D eigenvalue weighted by Crippen LogP contribution is 2.29. The summed E-state index contributed by atoms with van der Waals surface area (Å²) in [6.07, 6.45) is 0. The van der Waals surface area contributed by atoms with E-state index >= 15 is 0 Å². The molecule has 2 aromatic carbocycles. The quantitative estimate of drug-likeness (QED) is 0.600. The molecular formula is C17H20N2O3S. The number of ether oxygens (including phenoxy) is 2. The number of carbonyl (C=O) groups is 1. The van der Waals surface area contributed by atoms with E-state index in [0.29, 0.717) is 23.7 Å². The SMILES string of the molecule is COc1ccc(NC(=O)NCCSc2ccccc2)cc1OC. The van der Waals surface area contributed by atoms with Gasteiger partial charge in [0.1, 0.15) is 0 Å². The molecule has 0 fully saturated rings. The summed E-state index contributed by atoms with van der Waals surface area (Å²) in [5.74, 6) is 2.01. The molecule has 0 aliphatic rings. The summed E-state index contributed by atoms with van der Waals surface area (Å²) in [5, 5.41) is 5.60. The maximum Gasteiger partial charge on any atom is 0.319 e. The Labute approximate surface area is 140 Å². The van der Waals surface area contributed by atoms with Crippen LogP contribution in [0.25, 0.3) is 0 Å². The summed E-state index contributed by atoms with van der Waals surface area (Å²) in [7, 11) is 3.13. The molecule has 23 heavy (non-hydrogen) atoms. The van der Waals surface area contributed by atoms with Crippen molar-refractivity contribution in [2.24, 2.45) is 0 Å². The van der Waals surface area contributed by atoms with Crippen LogP contribution in [0.4, 0.5) is 10.5 Å². The number of rotatable bonds is 7. The molecule has 6 heteroatoms. The largest absolute Gasteiger partial charge is 0.493 e. The van der Waals surface area contributed by atoms with Gasteiger partial charge in [-0.1, -0.05) is 18.2 Å². The average Bonchev–Trinajstić information content (AvgIpc) is 2.59. The minimum Gasteiger partial charge on any atom is -0.493 e. The van der Waals surface area contributed by atoms with Crippen molar-refractivity contribution in [2.75, 3.05) is 31.8 Å². The van der Waals surface area contributed by atoms with Crippen LogP contribution in [-0.4, -0.2) is 32.5 Å². The molecule has 0 saturated heterocycles. The van der Waals surface area contributed by atoms with Gasteiger partial charge in [-0.05, 0) is 24.3 Å². The van der Waals surface area contributed by atoms with Gasteiger partial charge in [-0.15, -0.1) is 11.8 Å². The van der Waals surface area contributed by atoms with Gasteiger partial charge in [-0.2, -0.15) is 0 Å². The van der Waals surface area contributed by atoms with Crippen molar-refractivity contribution >= 4 is 23.5 Å². The molecule has 0 aromatic heterocycles. The van der Waals surface area contributed by atoms with Crippen molar-refractivity contribution in [1.82, 2.24) is 5.32 Å². The molecule has 2 N–H and O–H groups in total. The molecule has 122 valence electrons. The fourth-order valence-corrected chi connectivity index (χ4v) is 2.73. The van der Waals surface area contributed by atoms with Crippen LogP contribution in [0.15, 0.2) is 53.4 Å². The van der Waals surface area contributed by atoms with Gasteiger partial charge in [0.25, 0.3) is 0 Å². The molecule has 0 aliphatic carbocycles. The van der Waals surface area contributed by atoms with E-state index in [0.717, 1.165) is 5.75 Å². The molecule has 0 radical (unpaired) electrons. The van der Waals surface area contributed by atoms with Crippen LogP contribution in [0.2, 0.25) is 0 Å². The number of methoxy groups -OCH3 is 2. The second-order valence-corrected chi connectivity index (χ2v) is 5.78. The fourth-order valence-electron chi connectivity index (χ4n) is 1.94. The lowest BCUT2D eigenvalue weighted by Crippen LogP contribution is -2.30. The molecule has 2 amide bonds. The number of hydrogen-bond donors (Lipinski definition) is 2. The Balaban J connectivity index is 1.76. The number of hydrogen-bond acceptors (Lipinski definition) is 4. The first-order valence-corrected chi connectivity index (χ1v) is 8.16. The molecule has 5 nitrogen and oxygen atoms in total. The van der Waals surface area contributed by atoms with E-state index in [4.69, 9.17) is 9.47 Å². The number of carbonyl (C=O) groups excluding carboxylic acids is 1. The van der Waals surface area contributed by atoms with E-state index in [-0.39, 0.29) is 6.03 Å². The van der Waals surface area contributed by atoms with Gasteiger partial charge in [0.05, 0.1) is 14.2 Å². The summed E-state index contributed by atoms with van der Waals surface area (Å²) in [6.45, 7) is 0.582. The van der Waals surface area contributed by atoms with Crippen molar-refractivity contribution < 1.29 is 14.3 Å². The molecule has 2 aromatic rings. The zero-order valence-electron chi connectivity index (χ0n) is 13.2.